The third-order valence-electron chi connectivity index (χ3n) is 4.15. The van der Waals surface area contributed by atoms with Gasteiger partial charge in [0.25, 0.3) is 5.91 Å². The Morgan fingerprint density at radius 3 is 2.45 bits per heavy atom. The summed E-state index contributed by atoms with van der Waals surface area (Å²) in [5.74, 6) is -0.259. The Balaban J connectivity index is 1.47. The predicted molar refractivity (Wildman–Crippen MR) is 106 cm³/mol. The molecule has 1 amide bonds. The number of aliphatic hydroxyl groups is 1. The molecule has 0 aliphatic heterocycles. The molecule has 2 aromatic carbocycles. The van der Waals surface area contributed by atoms with Crippen LogP contribution in [0.3, 0.4) is 0 Å². The van der Waals surface area contributed by atoms with Gasteiger partial charge in [0.2, 0.25) is 0 Å². The number of alkyl halides is 3. The summed E-state index contributed by atoms with van der Waals surface area (Å²) in [7, 11) is 1.71. The van der Waals surface area contributed by atoms with Gasteiger partial charge in [-0.15, -0.1) is 0 Å². The van der Waals surface area contributed by atoms with E-state index in [1.807, 2.05) is 0 Å². The average Bonchev–Trinajstić information content (AvgIpc) is 3.18. The number of para-hydroxylation sites is 1. The Kier molecular flexibility index (Phi) is 6.81. The standard InChI is InChI=1S/C21H20F3N3O4/c1-27-11-14(10-25-27)20(29)26-15-6-8-17(9-7-15)30-12-16(28)13-31-19-5-3-2-4-18(19)21(22,23)24/h2-11,16,28H,12-13H2,1H3,(H,26,29). The summed E-state index contributed by atoms with van der Waals surface area (Å²) in [6.45, 7) is -0.554. The van der Waals surface area contributed by atoms with Crippen molar-refractivity contribution in [2.24, 2.45) is 7.05 Å². The van der Waals surface area contributed by atoms with E-state index < -0.39 is 17.8 Å². The van der Waals surface area contributed by atoms with Crippen LogP contribution in [0.25, 0.3) is 0 Å². The smallest absolute Gasteiger partial charge is 0.419 e. The molecular weight excluding hydrogens is 415 g/mol. The molecular formula is C21H20F3N3O4. The number of anilines is 1. The quantitative estimate of drug-likeness (QED) is 0.566. The van der Waals surface area contributed by atoms with E-state index in [0.29, 0.717) is 17.0 Å². The molecule has 3 aromatic rings. The minimum absolute atomic E-state index is 0.185. The number of hydrogen-bond acceptors (Lipinski definition) is 5. The van der Waals surface area contributed by atoms with Crippen LogP contribution in [-0.4, -0.2) is 40.1 Å². The number of aryl methyl sites for hydroxylation is 1. The number of benzene rings is 2. The molecule has 1 unspecified atom stereocenters. The lowest BCUT2D eigenvalue weighted by atomic mass is 10.2. The van der Waals surface area contributed by atoms with Crippen LogP contribution in [0.2, 0.25) is 0 Å². The van der Waals surface area contributed by atoms with E-state index in [1.165, 1.54) is 29.1 Å². The normalized spacial score (nSPS) is 12.3. The first-order chi connectivity index (χ1) is 14.7. The first-order valence-corrected chi connectivity index (χ1v) is 9.22. The van der Waals surface area contributed by atoms with Crippen LogP contribution in [-0.2, 0) is 13.2 Å². The fourth-order valence-corrected chi connectivity index (χ4v) is 2.63. The van der Waals surface area contributed by atoms with Crippen molar-refractivity contribution in [2.75, 3.05) is 18.5 Å². The largest absolute Gasteiger partial charge is 0.491 e. The van der Waals surface area contributed by atoms with Gasteiger partial charge in [-0.05, 0) is 36.4 Å². The molecule has 1 aromatic heterocycles. The van der Waals surface area contributed by atoms with Crippen molar-refractivity contribution >= 4 is 11.6 Å². The first-order valence-electron chi connectivity index (χ1n) is 9.22. The summed E-state index contributed by atoms with van der Waals surface area (Å²) in [5, 5.41) is 16.6. The molecule has 164 valence electrons. The lowest BCUT2D eigenvalue weighted by Gasteiger charge is -2.17. The summed E-state index contributed by atoms with van der Waals surface area (Å²) in [4.78, 5) is 12.1. The molecule has 10 heteroatoms. The number of aromatic nitrogens is 2. The van der Waals surface area contributed by atoms with Crippen LogP contribution >= 0.6 is 0 Å². The zero-order chi connectivity index (χ0) is 22.4. The topological polar surface area (TPSA) is 85.6 Å². The van der Waals surface area contributed by atoms with Crippen LogP contribution in [0.5, 0.6) is 11.5 Å². The maximum Gasteiger partial charge on any atom is 0.419 e. The van der Waals surface area contributed by atoms with Crippen LogP contribution in [0.15, 0.2) is 60.9 Å². The number of nitrogens with zero attached hydrogens (tertiary/aromatic N) is 2. The Morgan fingerprint density at radius 2 is 1.81 bits per heavy atom. The van der Waals surface area contributed by atoms with Gasteiger partial charge in [0.15, 0.2) is 0 Å². The van der Waals surface area contributed by atoms with Crippen molar-refractivity contribution < 1.29 is 32.5 Å². The number of aliphatic hydroxyl groups excluding tert-OH is 1. The Bertz CT molecular complexity index is 1020. The number of carbonyl (C=O) groups is 1. The summed E-state index contributed by atoms with van der Waals surface area (Å²) in [6, 6.07) is 11.2. The molecule has 1 atom stereocenters. The molecule has 0 aliphatic carbocycles. The van der Waals surface area contributed by atoms with Crippen molar-refractivity contribution in [2.45, 2.75) is 12.3 Å². The maximum absolute atomic E-state index is 13.0. The monoisotopic (exact) mass is 435 g/mol. The fraction of sp³-hybridized carbons (Fsp3) is 0.238. The van der Waals surface area contributed by atoms with Gasteiger partial charge in [0, 0.05) is 18.9 Å². The van der Waals surface area contributed by atoms with E-state index in [1.54, 1.807) is 37.5 Å². The zero-order valence-corrected chi connectivity index (χ0v) is 16.5. The molecule has 7 nitrogen and oxygen atoms in total. The number of nitrogens with one attached hydrogen (secondary N) is 1. The van der Waals surface area contributed by atoms with Crippen LogP contribution in [0.1, 0.15) is 15.9 Å². The number of amides is 1. The second kappa shape index (κ2) is 9.52. The molecule has 1 heterocycles. The van der Waals surface area contributed by atoms with Gasteiger partial charge >= 0.3 is 6.18 Å². The van der Waals surface area contributed by atoms with Crippen molar-refractivity contribution in [3.05, 3.63) is 72.1 Å². The molecule has 0 saturated heterocycles. The van der Waals surface area contributed by atoms with E-state index in [4.69, 9.17) is 9.47 Å². The number of halogens is 3. The highest BCUT2D eigenvalue weighted by Gasteiger charge is 2.34. The number of ether oxygens (including phenoxy) is 2. The predicted octanol–water partition coefficient (Wildman–Crippen LogP) is 3.51. The highest BCUT2D eigenvalue weighted by atomic mass is 19.4. The molecule has 0 aliphatic rings. The Morgan fingerprint density at radius 1 is 1.13 bits per heavy atom. The van der Waals surface area contributed by atoms with Gasteiger partial charge in [0.05, 0.1) is 17.3 Å². The third kappa shape index (κ3) is 6.22. The summed E-state index contributed by atoms with van der Waals surface area (Å²) >= 11 is 0. The van der Waals surface area contributed by atoms with Gasteiger partial charge in [-0.1, -0.05) is 12.1 Å². The van der Waals surface area contributed by atoms with Crippen molar-refractivity contribution in [1.29, 1.82) is 0 Å². The maximum atomic E-state index is 13.0. The lowest BCUT2D eigenvalue weighted by molar-refractivity contribution is -0.139. The van der Waals surface area contributed by atoms with E-state index in [-0.39, 0.29) is 24.9 Å². The van der Waals surface area contributed by atoms with Gasteiger partial charge in [-0.3, -0.25) is 9.48 Å². The van der Waals surface area contributed by atoms with Gasteiger partial charge in [0.1, 0.15) is 30.8 Å². The SMILES string of the molecule is Cn1cc(C(=O)Nc2ccc(OCC(O)COc3ccccc3C(F)(F)F)cc2)cn1. The molecule has 0 radical (unpaired) electrons. The van der Waals surface area contributed by atoms with E-state index >= 15 is 0 Å². The lowest BCUT2D eigenvalue weighted by Crippen LogP contribution is -2.25. The van der Waals surface area contributed by atoms with Crippen LogP contribution in [0, 0.1) is 0 Å². The van der Waals surface area contributed by atoms with Gasteiger partial charge in [-0.2, -0.15) is 18.3 Å². The van der Waals surface area contributed by atoms with Crippen LogP contribution < -0.4 is 14.8 Å². The molecule has 0 fully saturated rings. The summed E-state index contributed by atoms with van der Waals surface area (Å²) in [6.07, 6.45) is -2.66. The molecule has 0 saturated carbocycles. The van der Waals surface area contributed by atoms with Crippen molar-refractivity contribution in [3.63, 3.8) is 0 Å². The molecule has 31 heavy (non-hydrogen) atoms. The zero-order valence-electron chi connectivity index (χ0n) is 16.5. The first kappa shape index (κ1) is 22.2. The van der Waals surface area contributed by atoms with Crippen molar-refractivity contribution in [1.82, 2.24) is 9.78 Å². The molecule has 3 rings (SSSR count). The minimum atomic E-state index is -4.55. The second-order valence-electron chi connectivity index (χ2n) is 6.65. The Labute approximate surface area is 176 Å². The minimum Gasteiger partial charge on any atom is -0.491 e. The fourth-order valence-electron chi connectivity index (χ4n) is 2.63. The molecule has 0 bridgehead atoms. The number of carbonyl (C=O) groups excluding carboxylic acids is 1. The van der Waals surface area contributed by atoms with E-state index in [2.05, 4.69) is 10.4 Å². The van der Waals surface area contributed by atoms with Gasteiger partial charge < -0.3 is 19.9 Å². The Hall–Kier alpha value is -3.53. The van der Waals surface area contributed by atoms with E-state index in [9.17, 15) is 23.1 Å². The summed E-state index contributed by atoms with van der Waals surface area (Å²) < 4.78 is 50.9. The third-order valence-corrected chi connectivity index (χ3v) is 4.15. The molecule has 0 spiro atoms. The highest BCUT2D eigenvalue weighted by Crippen LogP contribution is 2.35. The van der Waals surface area contributed by atoms with Gasteiger partial charge in [-0.25, -0.2) is 0 Å². The molecule has 2 N–H and O–H groups in total. The van der Waals surface area contributed by atoms with Crippen LogP contribution in [0.4, 0.5) is 18.9 Å². The number of hydrogen-bond donors (Lipinski definition) is 2. The van der Waals surface area contributed by atoms with E-state index in [0.717, 1.165) is 6.07 Å². The highest BCUT2D eigenvalue weighted by molar-refractivity contribution is 6.03. The average molecular weight is 435 g/mol. The van der Waals surface area contributed by atoms with Crippen molar-refractivity contribution in [3.8, 4) is 11.5 Å². The number of rotatable bonds is 8. The summed E-state index contributed by atoms with van der Waals surface area (Å²) in [5.41, 5.74) is 0.0407. The second-order valence-corrected chi connectivity index (χ2v) is 6.65.